The molecule has 1 saturated heterocycles. The van der Waals surface area contributed by atoms with Crippen LogP contribution in [-0.2, 0) is 30.2 Å². The first-order chi connectivity index (χ1) is 18.4. The van der Waals surface area contributed by atoms with Crippen molar-refractivity contribution in [3.05, 3.63) is 66.2 Å². The van der Waals surface area contributed by atoms with Crippen molar-refractivity contribution in [3.8, 4) is 11.1 Å². The Labute approximate surface area is 230 Å². The van der Waals surface area contributed by atoms with Crippen LogP contribution in [0.1, 0.15) is 46.6 Å². The topological polar surface area (TPSA) is 106 Å². The van der Waals surface area contributed by atoms with Crippen molar-refractivity contribution in [1.29, 1.82) is 0 Å². The maximum atomic E-state index is 13.4. The summed E-state index contributed by atoms with van der Waals surface area (Å²) < 4.78 is 17.4. The summed E-state index contributed by atoms with van der Waals surface area (Å²) in [6.45, 7) is 9.59. The van der Waals surface area contributed by atoms with Gasteiger partial charge in [-0.25, -0.2) is 0 Å². The fourth-order valence-electron chi connectivity index (χ4n) is 4.95. The smallest absolute Gasteiger partial charge is 0.252 e. The monoisotopic (exact) mass is 536 g/mol. The van der Waals surface area contributed by atoms with Gasteiger partial charge in [-0.15, -0.1) is 0 Å². The van der Waals surface area contributed by atoms with E-state index in [1.54, 1.807) is 19.9 Å². The minimum atomic E-state index is -1.16. The Morgan fingerprint density at radius 2 is 1.87 bits per heavy atom. The molecule has 0 bridgehead atoms. The van der Waals surface area contributed by atoms with Gasteiger partial charge in [-0.3, -0.25) is 9.59 Å². The summed E-state index contributed by atoms with van der Waals surface area (Å²) in [4.78, 5) is 26.5. The van der Waals surface area contributed by atoms with Crippen molar-refractivity contribution in [2.75, 3.05) is 12.4 Å². The summed E-state index contributed by atoms with van der Waals surface area (Å²) in [5.74, 6) is -1.90. The van der Waals surface area contributed by atoms with Crippen LogP contribution in [-0.4, -0.2) is 60.3 Å². The van der Waals surface area contributed by atoms with Gasteiger partial charge in [0, 0.05) is 12.8 Å². The molecule has 2 aliphatic rings. The van der Waals surface area contributed by atoms with Crippen molar-refractivity contribution in [2.24, 2.45) is 5.41 Å². The number of hydrogen-bond acceptors (Lipinski definition) is 6. The molecule has 4 rings (SSSR count). The van der Waals surface area contributed by atoms with Crippen molar-refractivity contribution in [3.63, 3.8) is 0 Å². The number of anilines is 1. The number of aryl methyl sites for hydroxylation is 1. The number of nitrogens with one attached hydrogen (secondary N) is 2. The molecule has 2 aliphatic heterocycles. The lowest BCUT2D eigenvalue weighted by atomic mass is 9.93. The Balaban J connectivity index is 1.48. The lowest BCUT2D eigenvalue weighted by molar-refractivity contribution is -0.334. The van der Waals surface area contributed by atoms with E-state index in [0.29, 0.717) is 12.8 Å². The van der Waals surface area contributed by atoms with Crippen LogP contribution < -0.4 is 10.6 Å². The number of carbonyl (C=O) groups excluding carboxylic acids is 2. The molecule has 3 N–H and O–H groups in total. The zero-order chi connectivity index (χ0) is 28.4. The predicted octanol–water partition coefficient (Wildman–Crippen LogP) is 4.22. The van der Waals surface area contributed by atoms with Gasteiger partial charge in [0.2, 0.25) is 5.91 Å². The third-order valence-corrected chi connectivity index (χ3v) is 6.92. The lowest BCUT2D eigenvalue weighted by Crippen LogP contribution is -2.61. The summed E-state index contributed by atoms with van der Waals surface area (Å²) >= 11 is 0. The van der Waals surface area contributed by atoms with Crippen LogP contribution in [0.4, 0.5) is 5.69 Å². The molecule has 0 aliphatic carbocycles. The SMILES string of the molecule is COC(C(=O)NC1CCc2cc(-c3ccccc3)ccc2NC1=O)[C@@H]1OC(C)(C)O[C@H](C=CC(C)(C)C)[C@@H]1O. The molecule has 5 atom stereocenters. The highest BCUT2D eigenvalue weighted by atomic mass is 16.7. The second kappa shape index (κ2) is 11.6. The van der Waals surface area contributed by atoms with Gasteiger partial charge in [0.15, 0.2) is 11.9 Å². The van der Waals surface area contributed by atoms with E-state index in [1.165, 1.54) is 7.11 Å². The first-order valence-electron chi connectivity index (χ1n) is 13.4. The van der Waals surface area contributed by atoms with E-state index in [2.05, 4.69) is 16.7 Å². The molecule has 0 saturated carbocycles. The van der Waals surface area contributed by atoms with Gasteiger partial charge in [0.25, 0.3) is 5.91 Å². The molecular weight excluding hydrogens is 496 g/mol. The fraction of sp³-hybridized carbons (Fsp3) is 0.484. The summed E-state index contributed by atoms with van der Waals surface area (Å²) in [6, 6.07) is 15.2. The molecule has 39 heavy (non-hydrogen) atoms. The highest BCUT2D eigenvalue weighted by Crippen LogP contribution is 2.32. The van der Waals surface area contributed by atoms with Crippen LogP contribution in [0.2, 0.25) is 0 Å². The number of aliphatic hydroxyl groups is 1. The Morgan fingerprint density at radius 1 is 1.15 bits per heavy atom. The zero-order valence-corrected chi connectivity index (χ0v) is 23.6. The van der Waals surface area contributed by atoms with E-state index in [-0.39, 0.29) is 11.3 Å². The third-order valence-electron chi connectivity index (χ3n) is 6.92. The zero-order valence-electron chi connectivity index (χ0n) is 23.6. The second-order valence-electron chi connectivity index (χ2n) is 11.8. The number of amides is 2. The molecule has 2 heterocycles. The largest absolute Gasteiger partial charge is 0.387 e. The Bertz CT molecular complexity index is 1200. The molecule has 2 aromatic rings. The normalized spacial score (nSPS) is 25.9. The number of fused-ring (bicyclic) bond motifs is 1. The average molecular weight is 537 g/mol. The molecule has 2 unspecified atom stereocenters. The molecule has 2 amide bonds. The number of methoxy groups -OCH3 is 1. The number of ether oxygens (including phenoxy) is 3. The first kappa shape index (κ1) is 29.0. The number of carbonyl (C=O) groups is 2. The maximum absolute atomic E-state index is 13.4. The quantitative estimate of drug-likeness (QED) is 0.478. The standard InChI is InChI=1S/C31H40N2O6/c1-30(2,3)17-16-24-25(34)26(39-31(4,5)38-24)27(37-6)29(36)33-23-15-13-21-18-20(19-10-8-7-9-11-19)12-14-22(21)32-28(23)35/h7-12,14,16-18,23-27,34H,13,15H2,1-6H3,(H,32,35)(H,33,36)/t23?,24-,25+,26-,27?/m1/s1. The lowest BCUT2D eigenvalue weighted by Gasteiger charge is -2.45. The Hall–Kier alpha value is -3.04. The number of benzene rings is 2. The van der Waals surface area contributed by atoms with Crippen molar-refractivity contribution < 1.29 is 28.9 Å². The van der Waals surface area contributed by atoms with Gasteiger partial charge >= 0.3 is 0 Å². The van der Waals surface area contributed by atoms with E-state index >= 15 is 0 Å². The van der Waals surface area contributed by atoms with Crippen LogP contribution in [0.25, 0.3) is 11.1 Å². The summed E-state index contributed by atoms with van der Waals surface area (Å²) in [6.07, 6.45) is 0.752. The van der Waals surface area contributed by atoms with Crippen LogP contribution in [0.15, 0.2) is 60.7 Å². The van der Waals surface area contributed by atoms with Crippen LogP contribution in [0.5, 0.6) is 0 Å². The van der Waals surface area contributed by atoms with Gasteiger partial charge in [0.1, 0.15) is 24.4 Å². The Morgan fingerprint density at radius 3 is 2.54 bits per heavy atom. The van der Waals surface area contributed by atoms with Gasteiger partial charge in [0.05, 0.1) is 0 Å². The minimum Gasteiger partial charge on any atom is -0.387 e. The van der Waals surface area contributed by atoms with Gasteiger partial charge < -0.3 is 30.0 Å². The summed E-state index contributed by atoms with van der Waals surface area (Å²) in [5, 5.41) is 16.9. The van der Waals surface area contributed by atoms with E-state index in [0.717, 1.165) is 22.4 Å². The summed E-state index contributed by atoms with van der Waals surface area (Å²) in [7, 11) is 1.39. The number of allylic oxidation sites excluding steroid dienone is 1. The first-order valence-corrected chi connectivity index (χ1v) is 13.4. The molecule has 8 heteroatoms. The van der Waals surface area contributed by atoms with Crippen LogP contribution in [0.3, 0.4) is 0 Å². The van der Waals surface area contributed by atoms with E-state index < -0.39 is 42.2 Å². The van der Waals surface area contributed by atoms with Crippen molar-refractivity contribution >= 4 is 17.5 Å². The van der Waals surface area contributed by atoms with Crippen molar-refractivity contribution in [1.82, 2.24) is 5.32 Å². The maximum Gasteiger partial charge on any atom is 0.252 e. The molecule has 0 spiro atoms. The average Bonchev–Trinajstić information content (AvgIpc) is 3.03. The molecule has 0 aromatic heterocycles. The predicted molar refractivity (Wildman–Crippen MR) is 150 cm³/mol. The van der Waals surface area contributed by atoms with Crippen molar-refractivity contribution in [2.45, 2.75) is 83.7 Å². The Kier molecular flexibility index (Phi) is 8.61. The van der Waals surface area contributed by atoms with Gasteiger partial charge in [-0.1, -0.05) is 69.3 Å². The molecular formula is C31H40N2O6. The highest BCUT2D eigenvalue weighted by Gasteiger charge is 2.48. The second-order valence-corrected chi connectivity index (χ2v) is 11.8. The van der Waals surface area contributed by atoms with Gasteiger partial charge in [-0.05, 0) is 60.9 Å². The fourth-order valence-corrected chi connectivity index (χ4v) is 4.95. The molecule has 2 aromatic carbocycles. The van der Waals surface area contributed by atoms with E-state index in [4.69, 9.17) is 14.2 Å². The summed E-state index contributed by atoms with van der Waals surface area (Å²) in [5.41, 5.74) is 3.78. The van der Waals surface area contributed by atoms with Crippen LogP contribution >= 0.6 is 0 Å². The van der Waals surface area contributed by atoms with Crippen LogP contribution in [0, 0.1) is 5.41 Å². The highest BCUT2D eigenvalue weighted by molar-refractivity contribution is 5.99. The number of aliphatic hydroxyl groups excluding tert-OH is 1. The number of rotatable bonds is 6. The molecule has 0 radical (unpaired) electrons. The van der Waals surface area contributed by atoms with E-state index in [9.17, 15) is 14.7 Å². The molecule has 1 fully saturated rings. The molecule has 210 valence electrons. The number of hydrogen-bond donors (Lipinski definition) is 3. The van der Waals surface area contributed by atoms with Gasteiger partial charge in [-0.2, -0.15) is 0 Å². The minimum absolute atomic E-state index is 0.120. The third kappa shape index (κ3) is 7.13. The van der Waals surface area contributed by atoms with E-state index in [1.807, 2.05) is 69.3 Å². The molecule has 8 nitrogen and oxygen atoms in total.